The van der Waals surface area contributed by atoms with Crippen molar-refractivity contribution < 1.29 is 19.1 Å². The van der Waals surface area contributed by atoms with Crippen molar-refractivity contribution >= 4 is 23.3 Å². The Hall–Kier alpha value is -3.02. The lowest BCUT2D eigenvalue weighted by atomic mass is 10.2. The molecular weight excluding hydrogens is 344 g/mol. The van der Waals surface area contributed by atoms with Gasteiger partial charge in [0, 0.05) is 18.8 Å². The molecule has 0 bridgehead atoms. The highest BCUT2D eigenvalue weighted by molar-refractivity contribution is 5.96. The van der Waals surface area contributed by atoms with Crippen molar-refractivity contribution in [1.82, 2.24) is 0 Å². The minimum Gasteiger partial charge on any atom is -0.495 e. The minimum atomic E-state index is -0.535. The van der Waals surface area contributed by atoms with Crippen molar-refractivity contribution in [1.29, 1.82) is 0 Å². The molecule has 2 aromatic rings. The maximum absolute atomic E-state index is 12.2. The van der Waals surface area contributed by atoms with E-state index >= 15 is 0 Å². The number of anilines is 2. The molecule has 2 aromatic carbocycles. The smallest absolute Gasteiger partial charge is 0.338 e. The van der Waals surface area contributed by atoms with Gasteiger partial charge in [0.1, 0.15) is 5.75 Å². The molecule has 0 aliphatic rings. The molecular formula is C21H26N2O4. The van der Waals surface area contributed by atoms with E-state index in [1.165, 1.54) is 7.11 Å². The van der Waals surface area contributed by atoms with Gasteiger partial charge in [0.05, 0.1) is 18.4 Å². The minimum absolute atomic E-state index is 0.367. The molecule has 0 atom stereocenters. The summed E-state index contributed by atoms with van der Waals surface area (Å²) in [5.41, 5.74) is 2.98. The molecule has 2 rings (SSSR count). The zero-order valence-corrected chi connectivity index (χ0v) is 16.2. The summed E-state index contributed by atoms with van der Waals surface area (Å²) in [6.45, 7) is 7.48. The lowest BCUT2D eigenvalue weighted by Crippen LogP contribution is -2.22. The Morgan fingerprint density at radius 3 is 2.30 bits per heavy atom. The van der Waals surface area contributed by atoms with Gasteiger partial charge in [-0.2, -0.15) is 0 Å². The second-order valence-electron chi connectivity index (χ2n) is 6.05. The number of hydrogen-bond acceptors (Lipinski definition) is 5. The van der Waals surface area contributed by atoms with Crippen LogP contribution in [0.4, 0.5) is 11.4 Å². The van der Waals surface area contributed by atoms with Gasteiger partial charge in [0.25, 0.3) is 5.91 Å². The molecule has 27 heavy (non-hydrogen) atoms. The SMILES string of the molecule is CCN(CC)c1ccc(C(=O)OCC(=O)Nc2cc(C)ccc2OC)cc1. The van der Waals surface area contributed by atoms with E-state index in [9.17, 15) is 9.59 Å². The molecule has 0 aliphatic heterocycles. The average molecular weight is 370 g/mol. The molecule has 0 radical (unpaired) electrons. The highest BCUT2D eigenvalue weighted by Crippen LogP contribution is 2.25. The first-order valence-corrected chi connectivity index (χ1v) is 8.95. The second kappa shape index (κ2) is 9.62. The number of esters is 1. The van der Waals surface area contributed by atoms with E-state index in [0.29, 0.717) is 17.0 Å². The van der Waals surface area contributed by atoms with E-state index in [2.05, 4.69) is 24.1 Å². The molecule has 144 valence electrons. The molecule has 0 saturated carbocycles. The number of nitrogens with one attached hydrogen (secondary N) is 1. The molecule has 0 heterocycles. The zero-order valence-electron chi connectivity index (χ0n) is 16.2. The summed E-state index contributed by atoms with van der Waals surface area (Å²) in [5, 5.41) is 2.70. The number of methoxy groups -OCH3 is 1. The number of nitrogens with zero attached hydrogens (tertiary/aromatic N) is 1. The van der Waals surface area contributed by atoms with Crippen molar-refractivity contribution in [2.75, 3.05) is 37.0 Å². The summed E-state index contributed by atoms with van der Waals surface area (Å²) < 4.78 is 10.3. The Kier molecular flexibility index (Phi) is 7.23. The van der Waals surface area contributed by atoms with Crippen molar-refractivity contribution in [2.24, 2.45) is 0 Å². The number of carbonyl (C=O) groups excluding carboxylic acids is 2. The topological polar surface area (TPSA) is 67.9 Å². The molecule has 0 saturated heterocycles. The Morgan fingerprint density at radius 2 is 1.70 bits per heavy atom. The van der Waals surface area contributed by atoms with Crippen LogP contribution in [0.5, 0.6) is 5.75 Å². The Bertz CT molecular complexity index is 783. The monoisotopic (exact) mass is 370 g/mol. The number of carbonyl (C=O) groups is 2. The van der Waals surface area contributed by atoms with Gasteiger partial charge in [-0.3, -0.25) is 4.79 Å². The first kappa shape index (κ1) is 20.3. The van der Waals surface area contributed by atoms with Crippen molar-refractivity contribution in [3.63, 3.8) is 0 Å². The number of amides is 1. The maximum Gasteiger partial charge on any atom is 0.338 e. The van der Waals surface area contributed by atoms with Gasteiger partial charge < -0.3 is 19.7 Å². The molecule has 0 unspecified atom stereocenters. The van der Waals surface area contributed by atoms with Crippen molar-refractivity contribution in [2.45, 2.75) is 20.8 Å². The van der Waals surface area contributed by atoms with Gasteiger partial charge in [0.2, 0.25) is 0 Å². The number of rotatable bonds is 8. The highest BCUT2D eigenvalue weighted by Gasteiger charge is 2.13. The Morgan fingerprint density at radius 1 is 1.04 bits per heavy atom. The van der Waals surface area contributed by atoms with Gasteiger partial charge >= 0.3 is 5.97 Å². The summed E-state index contributed by atoms with van der Waals surface area (Å²) in [4.78, 5) is 26.4. The molecule has 0 aliphatic carbocycles. The summed E-state index contributed by atoms with van der Waals surface area (Å²) in [7, 11) is 1.53. The number of ether oxygens (including phenoxy) is 2. The largest absolute Gasteiger partial charge is 0.495 e. The second-order valence-corrected chi connectivity index (χ2v) is 6.05. The summed E-state index contributed by atoms with van der Waals surface area (Å²) >= 11 is 0. The molecule has 1 N–H and O–H groups in total. The molecule has 0 aromatic heterocycles. The summed E-state index contributed by atoms with van der Waals surface area (Å²) in [5.74, 6) is -0.410. The van der Waals surface area contributed by atoms with Crippen LogP contribution in [0.3, 0.4) is 0 Å². The fraction of sp³-hybridized carbons (Fsp3) is 0.333. The van der Waals surface area contributed by atoms with Crippen LogP contribution in [0.25, 0.3) is 0 Å². The lowest BCUT2D eigenvalue weighted by molar-refractivity contribution is -0.119. The quantitative estimate of drug-likeness (QED) is 0.719. The van der Waals surface area contributed by atoms with Gasteiger partial charge in [0.15, 0.2) is 6.61 Å². The van der Waals surface area contributed by atoms with Gasteiger partial charge in [-0.05, 0) is 62.7 Å². The van der Waals surface area contributed by atoms with Crippen LogP contribution in [0.15, 0.2) is 42.5 Å². The molecule has 6 nitrogen and oxygen atoms in total. The predicted octanol–water partition coefficient (Wildman–Crippen LogP) is 3.65. The Balaban J connectivity index is 1.93. The first-order chi connectivity index (χ1) is 13.0. The van der Waals surface area contributed by atoms with E-state index in [-0.39, 0.29) is 6.61 Å². The lowest BCUT2D eigenvalue weighted by Gasteiger charge is -2.20. The van der Waals surface area contributed by atoms with Crippen LogP contribution in [0.1, 0.15) is 29.8 Å². The third-order valence-corrected chi connectivity index (χ3v) is 4.20. The zero-order chi connectivity index (χ0) is 19.8. The number of benzene rings is 2. The highest BCUT2D eigenvalue weighted by atomic mass is 16.5. The van der Waals surface area contributed by atoms with Gasteiger partial charge in [-0.25, -0.2) is 4.79 Å². The van der Waals surface area contributed by atoms with Crippen molar-refractivity contribution in [3.05, 3.63) is 53.6 Å². The maximum atomic E-state index is 12.2. The molecule has 1 amide bonds. The molecule has 0 fully saturated rings. The fourth-order valence-electron chi connectivity index (χ4n) is 2.72. The summed E-state index contributed by atoms with van der Waals surface area (Å²) in [6.07, 6.45) is 0. The normalized spacial score (nSPS) is 10.2. The fourth-order valence-corrected chi connectivity index (χ4v) is 2.72. The Labute approximate surface area is 160 Å². The van der Waals surface area contributed by atoms with Crippen LogP contribution in [-0.2, 0) is 9.53 Å². The van der Waals surface area contributed by atoms with Gasteiger partial charge in [-0.15, -0.1) is 0 Å². The third-order valence-electron chi connectivity index (χ3n) is 4.20. The molecule has 6 heteroatoms. The van der Waals surface area contributed by atoms with E-state index in [4.69, 9.17) is 9.47 Å². The van der Waals surface area contributed by atoms with Crippen LogP contribution < -0.4 is 15.0 Å². The van der Waals surface area contributed by atoms with E-state index < -0.39 is 11.9 Å². The van der Waals surface area contributed by atoms with Crippen molar-refractivity contribution in [3.8, 4) is 5.75 Å². The van der Waals surface area contributed by atoms with Gasteiger partial charge in [-0.1, -0.05) is 6.07 Å². The molecule has 0 spiro atoms. The predicted molar refractivity (Wildman–Crippen MR) is 107 cm³/mol. The van der Waals surface area contributed by atoms with E-state index in [0.717, 1.165) is 24.3 Å². The standard InChI is InChI=1S/C21H26N2O4/c1-5-23(6-2)17-10-8-16(9-11-17)21(25)27-14-20(24)22-18-13-15(3)7-12-19(18)26-4/h7-13H,5-6,14H2,1-4H3,(H,22,24). The first-order valence-electron chi connectivity index (χ1n) is 8.95. The van der Waals surface area contributed by atoms with Crippen LogP contribution >= 0.6 is 0 Å². The number of hydrogen-bond donors (Lipinski definition) is 1. The summed E-state index contributed by atoms with van der Waals surface area (Å²) in [6, 6.07) is 12.6. The third kappa shape index (κ3) is 5.48. The van der Waals surface area contributed by atoms with E-state index in [1.807, 2.05) is 25.1 Å². The van der Waals surface area contributed by atoms with Crippen LogP contribution in [-0.4, -0.2) is 38.7 Å². The van der Waals surface area contributed by atoms with E-state index in [1.54, 1.807) is 24.3 Å². The van der Waals surface area contributed by atoms with Crippen LogP contribution in [0.2, 0.25) is 0 Å². The number of aryl methyl sites for hydroxylation is 1. The van der Waals surface area contributed by atoms with Crippen LogP contribution in [0, 0.1) is 6.92 Å². The average Bonchev–Trinajstić information content (AvgIpc) is 2.68.